The number of rotatable bonds is 3. The smallest absolute Gasteiger partial charge is 0.129 e. The number of aliphatic hydroxyl groups is 1. The number of allylic oxidation sites excluding steroid dienone is 1. The van der Waals surface area contributed by atoms with Crippen LogP contribution in [0.5, 0.6) is 11.5 Å². The molecule has 2 rings (SSSR count). The van der Waals surface area contributed by atoms with Crippen molar-refractivity contribution in [2.75, 3.05) is 7.11 Å². The second kappa shape index (κ2) is 5.23. The highest BCUT2D eigenvalue weighted by atomic mass is 16.5. The van der Waals surface area contributed by atoms with E-state index in [1.54, 1.807) is 7.11 Å². The average molecular weight is 234 g/mol. The monoisotopic (exact) mass is 234 g/mol. The number of aliphatic hydroxyl groups excluding tert-OH is 1. The van der Waals surface area contributed by atoms with Crippen LogP contribution in [0.1, 0.15) is 19.8 Å². The molecule has 0 bridgehead atoms. The van der Waals surface area contributed by atoms with E-state index >= 15 is 0 Å². The SMILES string of the molecule is COc1ccc(O[C@@H]2CCC=C(C)[C@@H]2O)cc1. The van der Waals surface area contributed by atoms with Crippen LogP contribution in [0.15, 0.2) is 35.9 Å². The van der Waals surface area contributed by atoms with Crippen molar-refractivity contribution < 1.29 is 14.6 Å². The molecule has 3 nitrogen and oxygen atoms in total. The summed E-state index contributed by atoms with van der Waals surface area (Å²) in [6.45, 7) is 1.94. The van der Waals surface area contributed by atoms with Crippen molar-refractivity contribution in [2.45, 2.75) is 32.0 Å². The minimum absolute atomic E-state index is 0.145. The Hall–Kier alpha value is -1.48. The zero-order valence-corrected chi connectivity index (χ0v) is 10.2. The largest absolute Gasteiger partial charge is 0.497 e. The van der Waals surface area contributed by atoms with Gasteiger partial charge in [-0.2, -0.15) is 0 Å². The van der Waals surface area contributed by atoms with Crippen LogP contribution in [-0.2, 0) is 0 Å². The lowest BCUT2D eigenvalue weighted by atomic mass is 9.95. The van der Waals surface area contributed by atoms with Crippen molar-refractivity contribution in [3.8, 4) is 11.5 Å². The molecule has 1 aliphatic carbocycles. The lowest BCUT2D eigenvalue weighted by Gasteiger charge is -2.28. The van der Waals surface area contributed by atoms with Gasteiger partial charge in [0.25, 0.3) is 0 Å². The fraction of sp³-hybridized carbons (Fsp3) is 0.429. The molecule has 0 aliphatic heterocycles. The van der Waals surface area contributed by atoms with Gasteiger partial charge in [0.1, 0.15) is 23.7 Å². The number of hydrogen-bond donors (Lipinski definition) is 1. The first-order valence-corrected chi connectivity index (χ1v) is 5.86. The molecular weight excluding hydrogens is 216 g/mol. The lowest BCUT2D eigenvalue weighted by molar-refractivity contribution is 0.0489. The van der Waals surface area contributed by atoms with Crippen molar-refractivity contribution in [3.05, 3.63) is 35.9 Å². The Balaban J connectivity index is 2.03. The molecule has 0 saturated heterocycles. The predicted molar refractivity (Wildman–Crippen MR) is 66.4 cm³/mol. The second-order valence-corrected chi connectivity index (χ2v) is 4.30. The van der Waals surface area contributed by atoms with Gasteiger partial charge in [-0.3, -0.25) is 0 Å². The molecule has 0 radical (unpaired) electrons. The Bertz CT molecular complexity index is 394. The van der Waals surface area contributed by atoms with Crippen molar-refractivity contribution >= 4 is 0 Å². The Labute approximate surface area is 102 Å². The molecular formula is C14H18O3. The fourth-order valence-corrected chi connectivity index (χ4v) is 2.00. The lowest BCUT2D eigenvalue weighted by Crippen LogP contribution is -2.34. The first kappa shape index (κ1) is 12.0. The molecule has 0 amide bonds. The van der Waals surface area contributed by atoms with Gasteiger partial charge in [-0.25, -0.2) is 0 Å². The number of benzene rings is 1. The van der Waals surface area contributed by atoms with Crippen LogP contribution in [0, 0.1) is 0 Å². The molecule has 2 atom stereocenters. The van der Waals surface area contributed by atoms with Gasteiger partial charge in [0.15, 0.2) is 0 Å². The van der Waals surface area contributed by atoms with E-state index in [-0.39, 0.29) is 6.10 Å². The van der Waals surface area contributed by atoms with Gasteiger partial charge < -0.3 is 14.6 Å². The summed E-state index contributed by atoms with van der Waals surface area (Å²) in [5, 5.41) is 9.98. The number of methoxy groups -OCH3 is 1. The minimum Gasteiger partial charge on any atom is -0.497 e. The number of ether oxygens (including phenoxy) is 2. The molecule has 1 aromatic rings. The first-order chi connectivity index (χ1) is 8.20. The highest BCUT2D eigenvalue weighted by Crippen LogP contribution is 2.25. The van der Waals surface area contributed by atoms with E-state index in [1.165, 1.54) is 0 Å². The molecule has 0 heterocycles. The van der Waals surface area contributed by atoms with E-state index < -0.39 is 6.10 Å². The van der Waals surface area contributed by atoms with Crippen LogP contribution in [0.3, 0.4) is 0 Å². The molecule has 1 aromatic carbocycles. The van der Waals surface area contributed by atoms with E-state index in [0.717, 1.165) is 29.9 Å². The zero-order chi connectivity index (χ0) is 12.3. The van der Waals surface area contributed by atoms with Gasteiger partial charge in [-0.1, -0.05) is 6.08 Å². The van der Waals surface area contributed by atoms with Crippen LogP contribution in [0.25, 0.3) is 0 Å². The van der Waals surface area contributed by atoms with Crippen molar-refractivity contribution in [3.63, 3.8) is 0 Å². The summed E-state index contributed by atoms with van der Waals surface area (Å²) < 4.78 is 10.9. The van der Waals surface area contributed by atoms with Crippen LogP contribution >= 0.6 is 0 Å². The standard InChI is InChI=1S/C14H18O3/c1-10-4-3-5-13(14(10)15)17-12-8-6-11(16-2)7-9-12/h4,6-9,13-15H,3,5H2,1-2H3/t13-,14+/m1/s1. The predicted octanol–water partition coefficient (Wildman–Crippen LogP) is 2.54. The maximum absolute atomic E-state index is 9.98. The Morgan fingerprint density at radius 1 is 1.18 bits per heavy atom. The Morgan fingerprint density at radius 2 is 1.82 bits per heavy atom. The van der Waals surface area contributed by atoms with Gasteiger partial charge in [0.2, 0.25) is 0 Å². The van der Waals surface area contributed by atoms with E-state index in [1.807, 2.05) is 31.2 Å². The molecule has 1 N–H and O–H groups in total. The first-order valence-electron chi connectivity index (χ1n) is 5.86. The number of hydrogen-bond acceptors (Lipinski definition) is 3. The van der Waals surface area contributed by atoms with E-state index in [0.29, 0.717) is 0 Å². The van der Waals surface area contributed by atoms with Gasteiger partial charge >= 0.3 is 0 Å². The molecule has 92 valence electrons. The van der Waals surface area contributed by atoms with Crippen molar-refractivity contribution in [1.29, 1.82) is 0 Å². The van der Waals surface area contributed by atoms with E-state index in [9.17, 15) is 5.11 Å². The zero-order valence-electron chi connectivity index (χ0n) is 10.2. The highest BCUT2D eigenvalue weighted by molar-refractivity contribution is 5.31. The van der Waals surface area contributed by atoms with Gasteiger partial charge in [-0.05, 0) is 49.6 Å². The van der Waals surface area contributed by atoms with Crippen LogP contribution in [0.2, 0.25) is 0 Å². The van der Waals surface area contributed by atoms with E-state index in [4.69, 9.17) is 9.47 Å². The molecule has 0 aromatic heterocycles. The third-order valence-corrected chi connectivity index (χ3v) is 3.08. The third-order valence-electron chi connectivity index (χ3n) is 3.08. The minimum atomic E-state index is -0.495. The normalized spacial score (nSPS) is 24.1. The molecule has 0 unspecified atom stereocenters. The third kappa shape index (κ3) is 2.80. The summed E-state index contributed by atoms with van der Waals surface area (Å²) in [6, 6.07) is 7.43. The van der Waals surface area contributed by atoms with Gasteiger partial charge in [-0.15, -0.1) is 0 Å². The fourth-order valence-electron chi connectivity index (χ4n) is 2.00. The summed E-state index contributed by atoms with van der Waals surface area (Å²) in [6.07, 6.45) is 3.24. The second-order valence-electron chi connectivity index (χ2n) is 4.30. The molecule has 3 heteroatoms. The van der Waals surface area contributed by atoms with Crippen molar-refractivity contribution in [2.24, 2.45) is 0 Å². The summed E-state index contributed by atoms with van der Waals surface area (Å²) >= 11 is 0. The molecule has 17 heavy (non-hydrogen) atoms. The van der Waals surface area contributed by atoms with E-state index in [2.05, 4.69) is 6.08 Å². The van der Waals surface area contributed by atoms with Crippen LogP contribution < -0.4 is 9.47 Å². The Morgan fingerprint density at radius 3 is 2.47 bits per heavy atom. The maximum atomic E-state index is 9.98. The topological polar surface area (TPSA) is 38.7 Å². The average Bonchev–Trinajstić information content (AvgIpc) is 2.36. The quantitative estimate of drug-likeness (QED) is 0.817. The molecule has 0 saturated carbocycles. The molecule has 1 aliphatic rings. The van der Waals surface area contributed by atoms with Crippen LogP contribution in [-0.4, -0.2) is 24.4 Å². The van der Waals surface area contributed by atoms with Gasteiger partial charge in [0, 0.05) is 0 Å². The van der Waals surface area contributed by atoms with Crippen molar-refractivity contribution in [1.82, 2.24) is 0 Å². The summed E-state index contributed by atoms with van der Waals surface area (Å²) in [7, 11) is 1.63. The highest BCUT2D eigenvalue weighted by Gasteiger charge is 2.25. The summed E-state index contributed by atoms with van der Waals surface area (Å²) in [5.74, 6) is 1.57. The summed E-state index contributed by atoms with van der Waals surface area (Å²) in [4.78, 5) is 0. The maximum Gasteiger partial charge on any atom is 0.129 e. The van der Waals surface area contributed by atoms with Crippen LogP contribution in [0.4, 0.5) is 0 Å². The molecule has 0 spiro atoms. The molecule has 0 fully saturated rings. The van der Waals surface area contributed by atoms with Gasteiger partial charge in [0.05, 0.1) is 7.11 Å². The summed E-state index contributed by atoms with van der Waals surface area (Å²) in [5.41, 5.74) is 0.995. The Kier molecular flexibility index (Phi) is 3.69.